The molecule has 0 aliphatic heterocycles. The van der Waals surface area contributed by atoms with Gasteiger partial charge in [-0.15, -0.1) is 0 Å². The Kier molecular flexibility index (Phi) is 40.2. The van der Waals surface area contributed by atoms with E-state index in [2.05, 4.69) is 43.5 Å². The van der Waals surface area contributed by atoms with Gasteiger partial charge in [-0.25, -0.2) is 0 Å². The van der Waals surface area contributed by atoms with Crippen LogP contribution in [0.2, 0.25) is 0 Å². The Morgan fingerprint density at radius 1 is 0.603 bits per heavy atom. The summed E-state index contributed by atoms with van der Waals surface area (Å²) in [6, 6.07) is -0.880. The van der Waals surface area contributed by atoms with Crippen molar-refractivity contribution in [2.75, 3.05) is 40.9 Å². The number of phosphoric ester groups is 1. The lowest BCUT2D eigenvalue weighted by Gasteiger charge is -2.29. The average molecular weight is 839 g/mol. The Bertz CT molecular complexity index is 1040. The van der Waals surface area contributed by atoms with Gasteiger partial charge in [0, 0.05) is 6.42 Å². The maximum atomic E-state index is 12.8. The highest BCUT2D eigenvalue weighted by Gasteiger charge is 2.23. The number of allylic oxidation sites excluding steroid dienone is 5. The molecule has 0 radical (unpaired) electrons. The lowest BCUT2D eigenvalue weighted by atomic mass is 10.0. The summed E-state index contributed by atoms with van der Waals surface area (Å²) in [7, 11) is 1.26. The van der Waals surface area contributed by atoms with Crippen molar-refractivity contribution in [2.24, 2.45) is 0 Å². The van der Waals surface area contributed by atoms with Crippen LogP contribution in [0.3, 0.4) is 0 Å². The van der Waals surface area contributed by atoms with Gasteiger partial charge in [0.2, 0.25) is 5.91 Å². The molecular formula is C49H95N2O6P. The van der Waals surface area contributed by atoms with Crippen LogP contribution < -0.4 is 10.2 Å². The van der Waals surface area contributed by atoms with Crippen molar-refractivity contribution >= 4 is 13.7 Å². The van der Waals surface area contributed by atoms with Gasteiger partial charge in [0.1, 0.15) is 13.2 Å². The average Bonchev–Trinajstić information content (AvgIpc) is 3.17. The minimum atomic E-state index is -4.57. The molecule has 0 saturated heterocycles. The first-order chi connectivity index (χ1) is 28.0. The number of rotatable bonds is 44. The van der Waals surface area contributed by atoms with E-state index >= 15 is 0 Å². The monoisotopic (exact) mass is 839 g/mol. The molecule has 58 heavy (non-hydrogen) atoms. The molecule has 3 unspecified atom stereocenters. The molecule has 3 atom stereocenters. The third-order valence-corrected chi connectivity index (χ3v) is 11.8. The van der Waals surface area contributed by atoms with Crippen molar-refractivity contribution in [1.82, 2.24) is 5.32 Å². The summed E-state index contributed by atoms with van der Waals surface area (Å²) in [5, 5.41) is 13.6. The second kappa shape index (κ2) is 41.1. The quantitative estimate of drug-likeness (QED) is 0.0274. The first-order valence-electron chi connectivity index (χ1n) is 24.4. The maximum Gasteiger partial charge on any atom is 0.268 e. The number of hydrogen-bond acceptors (Lipinski definition) is 6. The summed E-state index contributed by atoms with van der Waals surface area (Å²) >= 11 is 0. The molecule has 0 bridgehead atoms. The second-order valence-corrected chi connectivity index (χ2v) is 19.2. The highest BCUT2D eigenvalue weighted by molar-refractivity contribution is 7.45. The number of nitrogens with zero attached hydrogens (tertiary/aromatic N) is 1. The summed E-state index contributed by atoms with van der Waals surface area (Å²) in [5.41, 5.74) is 0. The number of carbonyl (C=O) groups excluding carboxylic acids is 1. The lowest BCUT2D eigenvalue weighted by Crippen LogP contribution is -2.45. The number of aliphatic hydroxyl groups is 1. The van der Waals surface area contributed by atoms with Crippen LogP contribution in [0.5, 0.6) is 0 Å². The first-order valence-corrected chi connectivity index (χ1v) is 25.8. The van der Waals surface area contributed by atoms with Gasteiger partial charge >= 0.3 is 0 Å². The highest BCUT2D eigenvalue weighted by Crippen LogP contribution is 2.38. The zero-order valence-electron chi connectivity index (χ0n) is 38.8. The molecule has 342 valence electrons. The third-order valence-electron chi connectivity index (χ3n) is 10.8. The standard InChI is InChI=1S/C49H95N2O6P/c1-6-8-10-12-13-14-15-16-17-18-19-20-21-22-23-24-25-26-27-28-29-30-31-32-33-34-35-36-37-39-41-43-49(53)50-47(48(52)42-40-38-11-9-7-2)46-57-58(54,55)56-45-44-51(3,4)5/h15-16,18-19,40,42,47-48,52H,6-14,17,20-39,41,43-46H2,1-5H3,(H-,50,53,54,55)/b16-15-,19-18-,42-40+. The van der Waals surface area contributed by atoms with Gasteiger partial charge in [-0.1, -0.05) is 198 Å². The number of phosphoric acid groups is 1. The molecule has 0 rings (SSSR count). The van der Waals surface area contributed by atoms with Crippen LogP contribution in [0, 0.1) is 0 Å². The van der Waals surface area contributed by atoms with E-state index in [1.165, 1.54) is 148 Å². The number of unbranched alkanes of at least 4 members (excludes halogenated alkanes) is 27. The Morgan fingerprint density at radius 3 is 1.47 bits per heavy atom. The van der Waals surface area contributed by atoms with E-state index < -0.39 is 20.0 Å². The molecule has 0 aromatic heterocycles. The molecule has 0 aromatic rings. The van der Waals surface area contributed by atoms with Gasteiger partial charge in [0.15, 0.2) is 0 Å². The molecule has 0 fully saturated rings. The zero-order valence-corrected chi connectivity index (χ0v) is 39.6. The van der Waals surface area contributed by atoms with Crippen LogP contribution in [0.25, 0.3) is 0 Å². The fourth-order valence-corrected chi connectivity index (χ4v) is 7.67. The van der Waals surface area contributed by atoms with Crippen molar-refractivity contribution in [3.05, 3.63) is 36.5 Å². The Hall–Kier alpha value is -1.28. The van der Waals surface area contributed by atoms with E-state index in [1.807, 2.05) is 27.2 Å². The van der Waals surface area contributed by atoms with Crippen molar-refractivity contribution in [3.63, 3.8) is 0 Å². The second-order valence-electron chi connectivity index (χ2n) is 17.8. The third kappa shape index (κ3) is 42.8. The molecule has 8 nitrogen and oxygen atoms in total. The molecule has 9 heteroatoms. The van der Waals surface area contributed by atoms with E-state index in [-0.39, 0.29) is 19.1 Å². The van der Waals surface area contributed by atoms with Crippen LogP contribution in [-0.4, -0.2) is 68.5 Å². The van der Waals surface area contributed by atoms with Crippen molar-refractivity contribution in [3.8, 4) is 0 Å². The van der Waals surface area contributed by atoms with Crippen molar-refractivity contribution < 1.29 is 32.9 Å². The highest BCUT2D eigenvalue weighted by atomic mass is 31.2. The number of likely N-dealkylation sites (N-methyl/N-ethyl adjacent to an activating group) is 1. The topological polar surface area (TPSA) is 108 Å². The fourth-order valence-electron chi connectivity index (χ4n) is 6.95. The fraction of sp³-hybridized carbons (Fsp3) is 0.857. The predicted octanol–water partition coefficient (Wildman–Crippen LogP) is 13.2. The molecular weight excluding hydrogens is 744 g/mol. The number of carbonyl (C=O) groups is 1. The minimum absolute atomic E-state index is 0.00109. The smallest absolute Gasteiger partial charge is 0.268 e. The molecule has 0 heterocycles. The van der Waals surface area contributed by atoms with E-state index in [1.54, 1.807) is 6.08 Å². The molecule has 1 amide bonds. The normalized spacial score (nSPS) is 14.5. The van der Waals surface area contributed by atoms with Gasteiger partial charge in [0.05, 0.1) is 39.9 Å². The Morgan fingerprint density at radius 2 is 1.00 bits per heavy atom. The van der Waals surface area contributed by atoms with Crippen LogP contribution in [-0.2, 0) is 18.4 Å². The molecule has 0 aliphatic carbocycles. The maximum absolute atomic E-state index is 12.8. The van der Waals surface area contributed by atoms with Gasteiger partial charge in [-0.3, -0.25) is 9.36 Å². The van der Waals surface area contributed by atoms with E-state index in [0.717, 1.165) is 51.4 Å². The molecule has 0 saturated carbocycles. The van der Waals surface area contributed by atoms with Crippen LogP contribution in [0.15, 0.2) is 36.5 Å². The van der Waals surface area contributed by atoms with E-state index in [4.69, 9.17) is 9.05 Å². The van der Waals surface area contributed by atoms with Crippen molar-refractivity contribution in [1.29, 1.82) is 0 Å². The molecule has 0 aliphatic rings. The van der Waals surface area contributed by atoms with Gasteiger partial charge in [-0.2, -0.15) is 0 Å². The van der Waals surface area contributed by atoms with Crippen molar-refractivity contribution in [2.45, 2.75) is 231 Å². The largest absolute Gasteiger partial charge is 0.756 e. The predicted molar refractivity (Wildman–Crippen MR) is 247 cm³/mol. The number of hydrogen-bond donors (Lipinski definition) is 2. The number of amides is 1. The number of aliphatic hydroxyl groups excluding tert-OH is 1. The first kappa shape index (κ1) is 56.7. The molecule has 2 N–H and O–H groups in total. The summed E-state index contributed by atoms with van der Waals surface area (Å²) < 4.78 is 23.0. The van der Waals surface area contributed by atoms with E-state index in [9.17, 15) is 19.4 Å². The van der Waals surface area contributed by atoms with Crippen LogP contribution >= 0.6 is 7.82 Å². The van der Waals surface area contributed by atoms with Crippen LogP contribution in [0.4, 0.5) is 0 Å². The summed E-state index contributed by atoms with van der Waals surface area (Å²) in [5.74, 6) is -0.203. The van der Waals surface area contributed by atoms with E-state index in [0.29, 0.717) is 17.4 Å². The van der Waals surface area contributed by atoms with Crippen LogP contribution in [0.1, 0.15) is 219 Å². The number of quaternary nitrogens is 1. The molecule has 0 aromatic carbocycles. The summed E-state index contributed by atoms with van der Waals surface area (Å²) in [6.45, 7) is 4.52. The molecule has 0 spiro atoms. The Balaban J connectivity index is 3.83. The van der Waals surface area contributed by atoms with Gasteiger partial charge < -0.3 is 28.8 Å². The van der Waals surface area contributed by atoms with Gasteiger partial charge in [-0.05, 0) is 51.4 Å². The summed E-state index contributed by atoms with van der Waals surface area (Å²) in [6.07, 6.45) is 51.3. The summed E-state index contributed by atoms with van der Waals surface area (Å²) in [4.78, 5) is 25.1. The lowest BCUT2D eigenvalue weighted by molar-refractivity contribution is -0.870. The minimum Gasteiger partial charge on any atom is -0.756 e. The zero-order chi connectivity index (χ0) is 42.8. The SMILES string of the molecule is CCCCC/C=C/C(O)C(COP(=O)([O-])OCC[N+](C)(C)C)NC(=O)CCCCCCCCCCCCCCCCCCCCC/C=C\C/C=C\CCCCCCC. The van der Waals surface area contributed by atoms with Gasteiger partial charge in [0.25, 0.3) is 7.82 Å². The number of nitrogens with one attached hydrogen (secondary N) is 1. The Labute approximate surface area is 359 Å².